The van der Waals surface area contributed by atoms with Crippen molar-refractivity contribution < 1.29 is 9.15 Å². The zero-order valence-electron chi connectivity index (χ0n) is 12.3. The summed E-state index contributed by atoms with van der Waals surface area (Å²) in [7, 11) is 0. The van der Waals surface area contributed by atoms with Gasteiger partial charge in [-0.3, -0.25) is 0 Å². The van der Waals surface area contributed by atoms with Gasteiger partial charge < -0.3 is 14.9 Å². The lowest BCUT2D eigenvalue weighted by molar-refractivity contribution is 0.272. The van der Waals surface area contributed by atoms with Gasteiger partial charge in [0.1, 0.15) is 23.7 Å². The van der Waals surface area contributed by atoms with Crippen LogP contribution in [0.2, 0.25) is 0 Å². The molecule has 0 aliphatic rings. The SMILES string of the molecule is Cc1ccc(OCc2oc3ccccc3c2CN)cc1C. The van der Waals surface area contributed by atoms with Gasteiger partial charge in [0.05, 0.1) is 0 Å². The van der Waals surface area contributed by atoms with Gasteiger partial charge in [-0.25, -0.2) is 0 Å². The predicted molar refractivity (Wildman–Crippen MR) is 84.4 cm³/mol. The quantitative estimate of drug-likeness (QED) is 0.783. The molecule has 0 atom stereocenters. The molecule has 0 aliphatic heterocycles. The number of nitrogens with two attached hydrogens (primary N) is 1. The second-order valence-corrected chi connectivity index (χ2v) is 5.24. The first-order valence-corrected chi connectivity index (χ1v) is 7.08. The van der Waals surface area contributed by atoms with E-state index in [-0.39, 0.29) is 0 Å². The van der Waals surface area contributed by atoms with Crippen LogP contribution >= 0.6 is 0 Å². The zero-order valence-corrected chi connectivity index (χ0v) is 12.3. The van der Waals surface area contributed by atoms with Crippen LogP contribution in [0.25, 0.3) is 11.0 Å². The molecule has 3 aromatic rings. The highest BCUT2D eigenvalue weighted by Crippen LogP contribution is 2.27. The third kappa shape index (κ3) is 2.65. The first-order valence-electron chi connectivity index (χ1n) is 7.08. The molecule has 0 unspecified atom stereocenters. The van der Waals surface area contributed by atoms with Gasteiger partial charge in [0.2, 0.25) is 0 Å². The summed E-state index contributed by atoms with van der Waals surface area (Å²) in [4.78, 5) is 0. The van der Waals surface area contributed by atoms with E-state index < -0.39 is 0 Å². The Hall–Kier alpha value is -2.26. The van der Waals surface area contributed by atoms with Crippen LogP contribution in [-0.4, -0.2) is 0 Å². The fraction of sp³-hybridized carbons (Fsp3) is 0.222. The molecule has 2 aromatic carbocycles. The summed E-state index contributed by atoms with van der Waals surface area (Å²) in [5.74, 6) is 1.65. The number of benzene rings is 2. The van der Waals surface area contributed by atoms with Crippen molar-refractivity contribution in [3.05, 3.63) is 64.9 Å². The molecule has 0 saturated heterocycles. The van der Waals surface area contributed by atoms with Crippen molar-refractivity contribution in [3.8, 4) is 5.75 Å². The Bertz CT molecular complexity index is 774. The van der Waals surface area contributed by atoms with E-state index >= 15 is 0 Å². The smallest absolute Gasteiger partial charge is 0.147 e. The van der Waals surface area contributed by atoms with Crippen LogP contribution in [0, 0.1) is 13.8 Å². The van der Waals surface area contributed by atoms with E-state index in [1.54, 1.807) is 0 Å². The topological polar surface area (TPSA) is 48.4 Å². The summed E-state index contributed by atoms with van der Waals surface area (Å²) >= 11 is 0. The third-order valence-electron chi connectivity index (χ3n) is 3.83. The van der Waals surface area contributed by atoms with Gasteiger partial charge in [-0.05, 0) is 43.2 Å². The number of rotatable bonds is 4. The van der Waals surface area contributed by atoms with Crippen LogP contribution < -0.4 is 10.5 Å². The molecule has 3 nitrogen and oxygen atoms in total. The van der Waals surface area contributed by atoms with Gasteiger partial charge in [0, 0.05) is 17.5 Å². The minimum Gasteiger partial charge on any atom is -0.486 e. The summed E-state index contributed by atoms with van der Waals surface area (Å²) in [6.45, 7) is 5.01. The molecule has 2 N–H and O–H groups in total. The Morgan fingerprint density at radius 2 is 1.86 bits per heavy atom. The van der Waals surface area contributed by atoms with E-state index in [2.05, 4.69) is 19.9 Å². The number of hydrogen-bond acceptors (Lipinski definition) is 3. The average molecular weight is 281 g/mol. The molecule has 1 heterocycles. The second kappa shape index (κ2) is 5.62. The van der Waals surface area contributed by atoms with Gasteiger partial charge in [-0.15, -0.1) is 0 Å². The number of ether oxygens (including phenoxy) is 1. The van der Waals surface area contributed by atoms with Crippen molar-refractivity contribution >= 4 is 11.0 Å². The summed E-state index contributed by atoms with van der Waals surface area (Å²) in [5.41, 5.74) is 10.2. The molecule has 0 saturated carbocycles. The largest absolute Gasteiger partial charge is 0.486 e. The molecular weight excluding hydrogens is 262 g/mol. The number of para-hydroxylation sites is 1. The highest BCUT2D eigenvalue weighted by atomic mass is 16.5. The van der Waals surface area contributed by atoms with Crippen LogP contribution in [0.5, 0.6) is 5.75 Å². The minimum absolute atomic E-state index is 0.393. The zero-order chi connectivity index (χ0) is 14.8. The third-order valence-corrected chi connectivity index (χ3v) is 3.83. The number of aryl methyl sites for hydroxylation is 2. The van der Waals surface area contributed by atoms with Crippen LogP contribution in [0.15, 0.2) is 46.9 Å². The van der Waals surface area contributed by atoms with Crippen molar-refractivity contribution in [1.29, 1.82) is 0 Å². The number of fused-ring (bicyclic) bond motifs is 1. The summed E-state index contributed by atoms with van der Waals surface area (Å²) in [5, 5.41) is 1.07. The van der Waals surface area contributed by atoms with Crippen molar-refractivity contribution in [2.45, 2.75) is 27.0 Å². The lowest BCUT2D eigenvalue weighted by atomic mass is 10.1. The Kier molecular flexibility index (Phi) is 3.67. The highest BCUT2D eigenvalue weighted by Gasteiger charge is 2.13. The number of hydrogen-bond donors (Lipinski definition) is 1. The van der Waals surface area contributed by atoms with E-state index in [1.165, 1.54) is 11.1 Å². The molecule has 0 amide bonds. The fourth-order valence-corrected chi connectivity index (χ4v) is 2.44. The normalized spacial score (nSPS) is 11.0. The van der Waals surface area contributed by atoms with Crippen molar-refractivity contribution in [1.82, 2.24) is 0 Å². The first-order chi connectivity index (χ1) is 10.2. The molecule has 0 radical (unpaired) electrons. The fourth-order valence-electron chi connectivity index (χ4n) is 2.44. The van der Waals surface area contributed by atoms with Crippen LogP contribution in [0.3, 0.4) is 0 Å². The first kappa shape index (κ1) is 13.7. The van der Waals surface area contributed by atoms with Crippen LogP contribution in [0.1, 0.15) is 22.5 Å². The lowest BCUT2D eigenvalue weighted by Gasteiger charge is -2.08. The van der Waals surface area contributed by atoms with E-state index in [4.69, 9.17) is 14.9 Å². The molecule has 0 aliphatic carbocycles. The average Bonchev–Trinajstić information content (AvgIpc) is 2.86. The van der Waals surface area contributed by atoms with Crippen LogP contribution in [-0.2, 0) is 13.2 Å². The van der Waals surface area contributed by atoms with E-state index in [0.717, 1.165) is 28.0 Å². The molecule has 1 aromatic heterocycles. The van der Waals surface area contributed by atoms with Crippen molar-refractivity contribution in [2.75, 3.05) is 0 Å². The summed E-state index contributed by atoms with van der Waals surface area (Å²) in [6, 6.07) is 14.0. The molecule has 3 rings (SSSR count). The van der Waals surface area contributed by atoms with Gasteiger partial charge in [0.25, 0.3) is 0 Å². The highest BCUT2D eigenvalue weighted by molar-refractivity contribution is 5.82. The van der Waals surface area contributed by atoms with Crippen LogP contribution in [0.4, 0.5) is 0 Å². The molecular formula is C18H19NO2. The van der Waals surface area contributed by atoms with Gasteiger partial charge in [0.15, 0.2) is 0 Å². The summed E-state index contributed by atoms with van der Waals surface area (Å²) in [6.07, 6.45) is 0. The molecule has 0 spiro atoms. The Morgan fingerprint density at radius 3 is 2.62 bits per heavy atom. The maximum atomic E-state index is 5.86. The molecule has 108 valence electrons. The Balaban J connectivity index is 1.86. The van der Waals surface area contributed by atoms with E-state index in [1.807, 2.05) is 36.4 Å². The lowest BCUT2D eigenvalue weighted by Crippen LogP contribution is -2.02. The van der Waals surface area contributed by atoms with Crippen molar-refractivity contribution in [3.63, 3.8) is 0 Å². The van der Waals surface area contributed by atoms with Crippen molar-refractivity contribution in [2.24, 2.45) is 5.73 Å². The minimum atomic E-state index is 0.393. The molecule has 0 fully saturated rings. The second-order valence-electron chi connectivity index (χ2n) is 5.24. The number of furan rings is 1. The van der Waals surface area contributed by atoms with Gasteiger partial charge in [-0.1, -0.05) is 24.3 Å². The Labute approximate surface area is 124 Å². The summed E-state index contributed by atoms with van der Waals surface area (Å²) < 4.78 is 11.7. The molecule has 3 heteroatoms. The van der Waals surface area contributed by atoms with Gasteiger partial charge in [-0.2, -0.15) is 0 Å². The van der Waals surface area contributed by atoms with Gasteiger partial charge >= 0.3 is 0 Å². The Morgan fingerprint density at radius 1 is 1.05 bits per heavy atom. The molecule has 0 bridgehead atoms. The maximum Gasteiger partial charge on any atom is 0.147 e. The predicted octanol–water partition coefficient (Wildman–Crippen LogP) is 4.09. The standard InChI is InChI=1S/C18H19NO2/c1-12-7-8-14(9-13(12)2)20-11-18-16(10-19)15-5-3-4-6-17(15)21-18/h3-9H,10-11,19H2,1-2H3. The van der Waals surface area contributed by atoms with E-state index in [9.17, 15) is 0 Å². The molecule has 21 heavy (non-hydrogen) atoms. The van der Waals surface area contributed by atoms with E-state index in [0.29, 0.717) is 13.2 Å². The maximum absolute atomic E-state index is 5.86. The monoisotopic (exact) mass is 281 g/mol.